The summed E-state index contributed by atoms with van der Waals surface area (Å²) in [6.45, 7) is 1.93. The summed E-state index contributed by atoms with van der Waals surface area (Å²) in [7, 11) is 0. The maximum atomic E-state index is 5.56. The highest BCUT2D eigenvalue weighted by Crippen LogP contribution is 2.06. The van der Waals surface area contributed by atoms with Crippen molar-refractivity contribution in [1.82, 2.24) is 5.32 Å². The largest absolute Gasteiger partial charge is 0.313 e. The van der Waals surface area contributed by atoms with Crippen LogP contribution in [0.3, 0.4) is 0 Å². The standard InChI is InChI=1S/C10H13ClIN/c11-6-1-7-13-8-9-2-4-10(12)5-3-9/h2-5,13H,1,6-8H2. The second-order valence-electron chi connectivity index (χ2n) is 2.85. The van der Waals surface area contributed by atoms with E-state index in [4.69, 9.17) is 11.6 Å². The van der Waals surface area contributed by atoms with E-state index in [9.17, 15) is 0 Å². The molecule has 1 rings (SSSR count). The topological polar surface area (TPSA) is 12.0 Å². The molecule has 0 aliphatic heterocycles. The first-order chi connectivity index (χ1) is 6.33. The van der Waals surface area contributed by atoms with Crippen molar-refractivity contribution in [3.8, 4) is 0 Å². The van der Waals surface area contributed by atoms with E-state index in [1.807, 2.05) is 0 Å². The van der Waals surface area contributed by atoms with E-state index in [0.717, 1.165) is 25.4 Å². The smallest absolute Gasteiger partial charge is 0.0235 e. The van der Waals surface area contributed by atoms with Crippen LogP contribution >= 0.6 is 34.2 Å². The Hall–Kier alpha value is 0.200. The van der Waals surface area contributed by atoms with Crippen LogP contribution in [0.2, 0.25) is 0 Å². The van der Waals surface area contributed by atoms with Crippen molar-refractivity contribution >= 4 is 34.2 Å². The van der Waals surface area contributed by atoms with Gasteiger partial charge in [-0.3, -0.25) is 0 Å². The summed E-state index contributed by atoms with van der Waals surface area (Å²) in [5.41, 5.74) is 1.33. The van der Waals surface area contributed by atoms with Crippen molar-refractivity contribution in [2.24, 2.45) is 0 Å². The molecule has 1 aromatic rings. The summed E-state index contributed by atoms with van der Waals surface area (Å²) in [5, 5.41) is 3.34. The minimum Gasteiger partial charge on any atom is -0.313 e. The van der Waals surface area contributed by atoms with Crippen molar-refractivity contribution in [2.75, 3.05) is 12.4 Å². The van der Waals surface area contributed by atoms with E-state index in [0.29, 0.717) is 0 Å². The molecule has 0 saturated heterocycles. The molecule has 1 nitrogen and oxygen atoms in total. The molecule has 0 heterocycles. The van der Waals surface area contributed by atoms with Crippen molar-refractivity contribution < 1.29 is 0 Å². The van der Waals surface area contributed by atoms with E-state index >= 15 is 0 Å². The highest BCUT2D eigenvalue weighted by atomic mass is 127. The summed E-state index contributed by atoms with van der Waals surface area (Å²) in [5.74, 6) is 0.736. The van der Waals surface area contributed by atoms with Crippen LogP contribution in [0.4, 0.5) is 0 Å². The molecule has 0 bridgehead atoms. The first-order valence-corrected chi connectivity index (χ1v) is 5.95. The Bertz CT molecular complexity index is 235. The molecule has 0 amide bonds. The van der Waals surface area contributed by atoms with Crippen LogP contribution in [-0.4, -0.2) is 12.4 Å². The molecule has 1 aromatic carbocycles. The van der Waals surface area contributed by atoms with E-state index in [-0.39, 0.29) is 0 Å². The summed E-state index contributed by atoms with van der Waals surface area (Å²) in [4.78, 5) is 0. The van der Waals surface area contributed by atoms with E-state index in [1.165, 1.54) is 9.13 Å². The van der Waals surface area contributed by atoms with Crippen molar-refractivity contribution in [1.29, 1.82) is 0 Å². The van der Waals surface area contributed by atoms with Gasteiger partial charge in [-0.15, -0.1) is 11.6 Å². The molecule has 72 valence electrons. The lowest BCUT2D eigenvalue weighted by Gasteiger charge is -2.03. The van der Waals surface area contributed by atoms with Crippen LogP contribution in [0.5, 0.6) is 0 Å². The van der Waals surface area contributed by atoms with Gasteiger partial charge in [0.2, 0.25) is 0 Å². The van der Waals surface area contributed by atoms with E-state index in [1.54, 1.807) is 0 Å². The fourth-order valence-electron chi connectivity index (χ4n) is 1.03. The monoisotopic (exact) mass is 309 g/mol. The lowest BCUT2D eigenvalue weighted by Crippen LogP contribution is -2.14. The van der Waals surface area contributed by atoms with Gasteiger partial charge in [0.25, 0.3) is 0 Å². The predicted molar refractivity (Wildman–Crippen MR) is 66.2 cm³/mol. The molecule has 1 N–H and O–H groups in total. The predicted octanol–water partition coefficient (Wildman–Crippen LogP) is 3.01. The Morgan fingerprint density at radius 1 is 1.23 bits per heavy atom. The average Bonchev–Trinajstić information content (AvgIpc) is 2.15. The van der Waals surface area contributed by atoms with Crippen LogP contribution in [0.25, 0.3) is 0 Å². The van der Waals surface area contributed by atoms with Crippen LogP contribution in [0.1, 0.15) is 12.0 Å². The molecule has 3 heteroatoms. The Labute approximate surface area is 98.0 Å². The van der Waals surface area contributed by atoms with Crippen molar-refractivity contribution in [3.63, 3.8) is 0 Å². The average molecular weight is 310 g/mol. The quantitative estimate of drug-likeness (QED) is 0.501. The van der Waals surface area contributed by atoms with Gasteiger partial charge in [0.15, 0.2) is 0 Å². The lowest BCUT2D eigenvalue weighted by atomic mass is 10.2. The Kier molecular flexibility index (Phi) is 5.75. The minimum atomic E-state index is 0.736. The Morgan fingerprint density at radius 2 is 1.92 bits per heavy atom. The number of rotatable bonds is 5. The lowest BCUT2D eigenvalue weighted by molar-refractivity contribution is 0.677. The zero-order valence-electron chi connectivity index (χ0n) is 7.39. The van der Waals surface area contributed by atoms with Gasteiger partial charge < -0.3 is 5.32 Å². The van der Waals surface area contributed by atoms with Gasteiger partial charge in [-0.1, -0.05) is 12.1 Å². The molecule has 0 fully saturated rings. The van der Waals surface area contributed by atoms with Gasteiger partial charge >= 0.3 is 0 Å². The van der Waals surface area contributed by atoms with Crippen LogP contribution in [0.15, 0.2) is 24.3 Å². The van der Waals surface area contributed by atoms with Gasteiger partial charge in [-0.2, -0.15) is 0 Å². The molecule has 0 unspecified atom stereocenters. The van der Waals surface area contributed by atoms with Gasteiger partial charge in [0.1, 0.15) is 0 Å². The van der Waals surface area contributed by atoms with Gasteiger partial charge in [0, 0.05) is 16.0 Å². The number of benzene rings is 1. The zero-order chi connectivity index (χ0) is 9.52. The summed E-state index contributed by atoms with van der Waals surface area (Å²) < 4.78 is 1.28. The first kappa shape index (κ1) is 11.3. The summed E-state index contributed by atoms with van der Waals surface area (Å²) in [6, 6.07) is 8.54. The maximum Gasteiger partial charge on any atom is 0.0235 e. The summed E-state index contributed by atoms with van der Waals surface area (Å²) in [6.07, 6.45) is 1.03. The number of halogens is 2. The first-order valence-electron chi connectivity index (χ1n) is 4.34. The SMILES string of the molecule is ClCCCNCc1ccc(I)cc1. The normalized spacial score (nSPS) is 10.3. The van der Waals surface area contributed by atoms with Crippen LogP contribution < -0.4 is 5.32 Å². The van der Waals surface area contributed by atoms with Crippen LogP contribution in [0, 0.1) is 3.57 Å². The Morgan fingerprint density at radius 3 is 2.54 bits per heavy atom. The number of hydrogen-bond donors (Lipinski definition) is 1. The van der Waals surface area contributed by atoms with Crippen LogP contribution in [-0.2, 0) is 6.54 Å². The number of nitrogens with one attached hydrogen (secondary N) is 1. The third-order valence-electron chi connectivity index (χ3n) is 1.73. The van der Waals surface area contributed by atoms with Crippen molar-refractivity contribution in [2.45, 2.75) is 13.0 Å². The van der Waals surface area contributed by atoms with Gasteiger partial charge in [-0.05, 0) is 53.3 Å². The molecular formula is C10H13ClIN. The third-order valence-corrected chi connectivity index (χ3v) is 2.72. The van der Waals surface area contributed by atoms with Crippen molar-refractivity contribution in [3.05, 3.63) is 33.4 Å². The number of hydrogen-bond acceptors (Lipinski definition) is 1. The molecule has 0 radical (unpaired) electrons. The minimum absolute atomic E-state index is 0.736. The fourth-order valence-corrected chi connectivity index (χ4v) is 1.52. The molecule has 0 aromatic heterocycles. The summed E-state index contributed by atoms with van der Waals surface area (Å²) >= 11 is 7.87. The molecular weight excluding hydrogens is 296 g/mol. The van der Waals surface area contributed by atoms with Gasteiger partial charge in [-0.25, -0.2) is 0 Å². The molecule has 0 aliphatic carbocycles. The van der Waals surface area contributed by atoms with E-state index in [2.05, 4.69) is 52.2 Å². The molecule has 0 aliphatic rings. The highest BCUT2D eigenvalue weighted by molar-refractivity contribution is 14.1. The Balaban J connectivity index is 2.25. The number of alkyl halides is 1. The maximum absolute atomic E-state index is 5.56. The second-order valence-corrected chi connectivity index (χ2v) is 4.47. The zero-order valence-corrected chi connectivity index (χ0v) is 10.3. The molecule has 13 heavy (non-hydrogen) atoms. The molecule has 0 atom stereocenters. The van der Waals surface area contributed by atoms with E-state index < -0.39 is 0 Å². The molecule has 0 spiro atoms. The van der Waals surface area contributed by atoms with Gasteiger partial charge in [0.05, 0.1) is 0 Å². The second kappa shape index (κ2) is 6.62. The fraction of sp³-hybridized carbons (Fsp3) is 0.400. The highest BCUT2D eigenvalue weighted by Gasteiger charge is 1.91. The third kappa shape index (κ3) is 4.84. The molecule has 0 saturated carbocycles.